The van der Waals surface area contributed by atoms with Crippen LogP contribution in [-0.2, 0) is 12.0 Å². The van der Waals surface area contributed by atoms with Crippen molar-refractivity contribution in [3.63, 3.8) is 0 Å². The van der Waals surface area contributed by atoms with Crippen LogP contribution < -0.4 is 20.3 Å². The van der Waals surface area contributed by atoms with Gasteiger partial charge in [0.25, 0.3) is 0 Å². The van der Waals surface area contributed by atoms with E-state index in [2.05, 4.69) is 75.6 Å². The second-order valence-corrected chi connectivity index (χ2v) is 16.1. The molecule has 2 saturated heterocycles. The topological polar surface area (TPSA) is 143 Å². The number of urea groups is 1. The van der Waals surface area contributed by atoms with Crippen molar-refractivity contribution in [2.45, 2.75) is 109 Å². The molecule has 4 atom stereocenters. The summed E-state index contributed by atoms with van der Waals surface area (Å²) in [4.78, 5) is 18.4. The number of hydrogen-bond donors (Lipinski definition) is 3. The number of nitrogens with one attached hydrogen (secondary N) is 2. The maximum atomic E-state index is 13.7. The van der Waals surface area contributed by atoms with Crippen LogP contribution in [-0.4, -0.2) is 88.5 Å². The Bertz CT molecular complexity index is 2080. The van der Waals surface area contributed by atoms with Gasteiger partial charge in [0, 0.05) is 36.7 Å². The monoisotopic (exact) mass is 735 g/mol. The molecule has 5 aromatic rings. The summed E-state index contributed by atoms with van der Waals surface area (Å²) < 4.78 is 12.4. The Morgan fingerprint density at radius 2 is 1.81 bits per heavy atom. The van der Waals surface area contributed by atoms with Crippen LogP contribution in [0, 0.1) is 0 Å². The zero-order chi connectivity index (χ0) is 37.4. The van der Waals surface area contributed by atoms with Gasteiger partial charge >= 0.3 is 6.03 Å². The minimum Gasteiger partial charge on any atom is -0.484 e. The average Bonchev–Trinajstić information content (AvgIpc) is 3.98. The molecule has 0 radical (unpaired) electrons. The molecule has 1 aromatic carbocycles. The van der Waals surface area contributed by atoms with E-state index < -0.39 is 0 Å². The molecule has 3 N–H and O–H groups in total. The summed E-state index contributed by atoms with van der Waals surface area (Å²) in [6.07, 6.45) is 12.7. The van der Waals surface area contributed by atoms with E-state index in [1.165, 1.54) is 6.42 Å². The fraction of sp³-hybridized carbons (Fsp3) is 0.525. The number of pyridine rings is 1. The van der Waals surface area contributed by atoms with Gasteiger partial charge in [0.15, 0.2) is 5.65 Å². The number of likely N-dealkylation sites (tertiary alicyclic amines) is 1. The third-order valence-corrected chi connectivity index (χ3v) is 11.3. The van der Waals surface area contributed by atoms with Crippen LogP contribution >= 0.6 is 0 Å². The van der Waals surface area contributed by atoms with E-state index in [-0.39, 0.29) is 36.2 Å². The van der Waals surface area contributed by atoms with Crippen LogP contribution in [0.25, 0.3) is 11.3 Å². The number of fused-ring (bicyclic) bond motifs is 2. The first kappa shape index (κ1) is 36.0. The van der Waals surface area contributed by atoms with Gasteiger partial charge in [0.2, 0.25) is 5.95 Å². The number of aliphatic hydroxyl groups is 1. The summed E-state index contributed by atoms with van der Waals surface area (Å²) in [5.41, 5.74) is 4.31. The van der Waals surface area contributed by atoms with Crippen molar-refractivity contribution in [2.24, 2.45) is 0 Å². The lowest BCUT2D eigenvalue weighted by atomic mass is 9.85. The van der Waals surface area contributed by atoms with Gasteiger partial charge in [-0.25, -0.2) is 9.48 Å². The van der Waals surface area contributed by atoms with Gasteiger partial charge in [0.05, 0.1) is 43.5 Å². The highest BCUT2D eigenvalue weighted by Crippen LogP contribution is 2.39. The Morgan fingerprint density at radius 3 is 2.63 bits per heavy atom. The molecule has 14 heteroatoms. The van der Waals surface area contributed by atoms with Gasteiger partial charge in [0.1, 0.15) is 23.4 Å². The molecule has 6 heterocycles. The maximum Gasteiger partial charge on any atom is 0.320 e. The highest BCUT2D eigenvalue weighted by Gasteiger charge is 2.31. The van der Waals surface area contributed by atoms with Crippen molar-refractivity contribution in [1.82, 2.24) is 44.4 Å². The number of aromatic nitrogens is 7. The summed E-state index contributed by atoms with van der Waals surface area (Å²) in [5, 5.41) is 34.6. The van der Waals surface area contributed by atoms with Gasteiger partial charge in [-0.2, -0.15) is 10.2 Å². The number of carbonyl (C=O) groups excluding carboxylic acids is 1. The summed E-state index contributed by atoms with van der Waals surface area (Å²) >= 11 is 0. The highest BCUT2D eigenvalue weighted by molar-refractivity contribution is 5.89. The van der Waals surface area contributed by atoms with Crippen LogP contribution in [0.5, 0.6) is 5.75 Å². The van der Waals surface area contributed by atoms with Crippen molar-refractivity contribution in [1.29, 1.82) is 0 Å². The smallest absolute Gasteiger partial charge is 0.320 e. The standard InChI is InChI=1S/C40H53N11O3/c1-27-10-7-8-19-49(27)39-45-44-36-17-14-30(25-50(36)39)54-34-16-15-33(31-12-5-6-13-32(31)34)42-38(53)43-37-22-35(40(2,3)4)46-51(37)29-23-41-48(24-29)21-20-47-18-9-11-28(47)26-52/h5-6,12-14,17,22-25,27-28,33-34,52H,7-11,15-16,18-21,26H2,1-4H3,(H2,42,43,53)/t27?,28-,33?,34?/m0/s1. The predicted molar refractivity (Wildman–Crippen MR) is 207 cm³/mol. The zero-order valence-electron chi connectivity index (χ0n) is 31.9. The van der Waals surface area contributed by atoms with Gasteiger partial charge < -0.3 is 20.1 Å². The number of benzene rings is 1. The second-order valence-electron chi connectivity index (χ2n) is 16.1. The Hall–Kier alpha value is -4.95. The van der Waals surface area contributed by atoms with Crippen LogP contribution in [0.15, 0.2) is 61.1 Å². The minimum atomic E-state index is -0.301. The number of amides is 2. The largest absolute Gasteiger partial charge is 0.484 e. The number of piperidine rings is 1. The maximum absolute atomic E-state index is 13.7. The number of ether oxygens (including phenoxy) is 1. The van der Waals surface area contributed by atoms with Crippen LogP contribution in [0.3, 0.4) is 0 Å². The number of hydrogen-bond acceptors (Lipinski definition) is 9. The molecule has 1 aliphatic carbocycles. The lowest BCUT2D eigenvalue weighted by Gasteiger charge is -2.33. The van der Waals surface area contributed by atoms with Gasteiger partial charge in [-0.3, -0.25) is 19.3 Å². The third kappa shape index (κ3) is 7.41. The van der Waals surface area contributed by atoms with Gasteiger partial charge in [-0.05, 0) is 81.7 Å². The fourth-order valence-electron chi connectivity index (χ4n) is 8.26. The Balaban J connectivity index is 0.962. The molecule has 8 rings (SSSR count). The van der Waals surface area contributed by atoms with E-state index in [9.17, 15) is 9.90 Å². The molecule has 54 heavy (non-hydrogen) atoms. The molecule has 0 saturated carbocycles. The predicted octanol–water partition coefficient (Wildman–Crippen LogP) is 6.02. The van der Waals surface area contributed by atoms with E-state index in [1.54, 1.807) is 10.9 Å². The van der Waals surface area contributed by atoms with Crippen LogP contribution in [0.1, 0.15) is 102 Å². The first-order chi connectivity index (χ1) is 26.1. The summed E-state index contributed by atoms with van der Waals surface area (Å²) in [6, 6.07) is 14.2. The molecular formula is C40H53N11O3. The fourth-order valence-corrected chi connectivity index (χ4v) is 8.26. The van der Waals surface area contributed by atoms with Crippen LogP contribution in [0.2, 0.25) is 0 Å². The SMILES string of the molecule is CC1CCCCN1c1nnc2ccc(OC3CCC(NC(=O)Nc4cc(C(C)(C)C)nn4-c4cnn(CCN5CCC[C@H]5CO)c4)c4ccccc43)cn12. The Morgan fingerprint density at radius 1 is 0.963 bits per heavy atom. The molecule has 3 aliphatic rings. The number of carbonyl (C=O) groups is 1. The minimum absolute atomic E-state index is 0.166. The summed E-state index contributed by atoms with van der Waals surface area (Å²) in [5.74, 6) is 2.19. The molecule has 0 spiro atoms. The molecule has 0 bridgehead atoms. The van der Waals surface area contributed by atoms with Gasteiger partial charge in [-0.1, -0.05) is 45.0 Å². The molecule has 2 fully saturated rings. The lowest BCUT2D eigenvalue weighted by molar-refractivity contribution is 0.154. The number of anilines is 2. The van der Waals surface area contributed by atoms with E-state index in [1.807, 2.05) is 51.8 Å². The first-order valence-corrected chi connectivity index (χ1v) is 19.6. The molecule has 14 nitrogen and oxygen atoms in total. The van der Waals surface area contributed by atoms with E-state index in [0.29, 0.717) is 24.8 Å². The van der Waals surface area contributed by atoms with E-state index in [4.69, 9.17) is 9.84 Å². The van der Waals surface area contributed by atoms with E-state index >= 15 is 0 Å². The lowest BCUT2D eigenvalue weighted by Crippen LogP contribution is -2.38. The highest BCUT2D eigenvalue weighted by atomic mass is 16.5. The molecule has 2 aliphatic heterocycles. The zero-order valence-corrected chi connectivity index (χ0v) is 31.9. The quantitative estimate of drug-likeness (QED) is 0.157. The van der Waals surface area contributed by atoms with E-state index in [0.717, 1.165) is 91.6 Å². The molecule has 286 valence electrons. The Labute approximate surface area is 316 Å². The average molecular weight is 736 g/mol. The van der Waals surface area contributed by atoms with Crippen LogP contribution in [0.4, 0.5) is 16.6 Å². The number of aliphatic hydroxyl groups excluding tert-OH is 1. The van der Waals surface area contributed by atoms with Gasteiger partial charge in [-0.15, -0.1) is 10.2 Å². The summed E-state index contributed by atoms with van der Waals surface area (Å²) in [6.45, 7) is 12.3. The summed E-state index contributed by atoms with van der Waals surface area (Å²) in [7, 11) is 0. The number of rotatable bonds is 10. The third-order valence-electron chi connectivity index (χ3n) is 11.3. The molecule has 4 aromatic heterocycles. The first-order valence-electron chi connectivity index (χ1n) is 19.6. The second kappa shape index (κ2) is 15.1. The molecule has 3 unspecified atom stereocenters. The normalized spacial score (nSPS) is 22.1. The van der Waals surface area contributed by atoms with Crippen molar-refractivity contribution >= 4 is 23.4 Å². The van der Waals surface area contributed by atoms with Crippen molar-refractivity contribution in [2.75, 3.05) is 36.5 Å². The Kier molecular flexibility index (Phi) is 10.1. The van der Waals surface area contributed by atoms with Crippen molar-refractivity contribution in [3.8, 4) is 11.4 Å². The van der Waals surface area contributed by atoms with Crippen molar-refractivity contribution < 1.29 is 14.6 Å². The molecule has 2 amide bonds. The number of nitrogens with zero attached hydrogens (tertiary/aromatic N) is 9. The molecular weight excluding hydrogens is 683 g/mol. The van der Waals surface area contributed by atoms with Crippen molar-refractivity contribution in [3.05, 3.63) is 77.9 Å².